The van der Waals surface area contributed by atoms with Crippen LogP contribution in [0, 0.1) is 0 Å². The van der Waals surface area contributed by atoms with Gasteiger partial charge in [0.15, 0.2) is 0 Å². The van der Waals surface area contributed by atoms with Crippen LogP contribution < -0.4 is 5.73 Å². The summed E-state index contributed by atoms with van der Waals surface area (Å²) >= 11 is 0. The lowest BCUT2D eigenvalue weighted by Crippen LogP contribution is -2.20. The molecular formula is C14H19F2NO. The van der Waals surface area contributed by atoms with Crippen LogP contribution >= 0.6 is 0 Å². The number of hydrogen-bond acceptors (Lipinski definition) is 2. The van der Waals surface area contributed by atoms with Crippen molar-refractivity contribution in [2.24, 2.45) is 5.73 Å². The summed E-state index contributed by atoms with van der Waals surface area (Å²) in [7, 11) is 0. The van der Waals surface area contributed by atoms with Crippen molar-refractivity contribution < 1.29 is 13.9 Å². The van der Waals surface area contributed by atoms with Gasteiger partial charge in [-0.3, -0.25) is 0 Å². The van der Waals surface area contributed by atoms with Crippen molar-refractivity contribution in [1.29, 1.82) is 0 Å². The highest BCUT2D eigenvalue weighted by Crippen LogP contribution is 2.52. The molecule has 0 radical (unpaired) electrons. The number of nitrogens with two attached hydrogens (primary N) is 1. The highest BCUT2D eigenvalue weighted by Gasteiger charge is 2.45. The average molecular weight is 255 g/mol. The van der Waals surface area contributed by atoms with Crippen molar-refractivity contribution in [2.45, 2.75) is 44.4 Å². The second kappa shape index (κ2) is 4.50. The molecule has 2 nitrogen and oxygen atoms in total. The van der Waals surface area contributed by atoms with Gasteiger partial charge >= 0.3 is 0 Å². The van der Waals surface area contributed by atoms with Gasteiger partial charge in [-0.25, -0.2) is 8.78 Å². The SMILES string of the molecule is CC(C)c1cc(C(F)F)c(O)c(C2(CN)CC2)c1. The molecule has 18 heavy (non-hydrogen) atoms. The molecular weight excluding hydrogens is 236 g/mol. The average Bonchev–Trinajstić information content (AvgIpc) is 3.09. The fourth-order valence-electron chi connectivity index (χ4n) is 2.32. The number of benzene rings is 1. The molecule has 1 saturated carbocycles. The molecule has 1 fully saturated rings. The fourth-order valence-corrected chi connectivity index (χ4v) is 2.32. The second-order valence-electron chi connectivity index (χ2n) is 5.45. The summed E-state index contributed by atoms with van der Waals surface area (Å²) in [6.07, 6.45) is -0.932. The van der Waals surface area contributed by atoms with E-state index in [4.69, 9.17) is 5.73 Å². The van der Waals surface area contributed by atoms with Crippen LogP contribution in [0.25, 0.3) is 0 Å². The third kappa shape index (κ3) is 2.09. The molecule has 2 rings (SSSR count). The molecule has 1 aromatic rings. The summed E-state index contributed by atoms with van der Waals surface area (Å²) in [5.41, 5.74) is 6.61. The second-order valence-corrected chi connectivity index (χ2v) is 5.45. The van der Waals surface area contributed by atoms with E-state index in [0.29, 0.717) is 12.1 Å². The van der Waals surface area contributed by atoms with Crippen LogP contribution in [0.4, 0.5) is 8.78 Å². The van der Waals surface area contributed by atoms with Crippen molar-refractivity contribution in [3.8, 4) is 5.75 Å². The Morgan fingerprint density at radius 1 is 1.33 bits per heavy atom. The lowest BCUT2D eigenvalue weighted by Gasteiger charge is -2.20. The molecule has 1 aliphatic rings. The summed E-state index contributed by atoms with van der Waals surface area (Å²) in [4.78, 5) is 0. The first-order valence-electron chi connectivity index (χ1n) is 6.27. The van der Waals surface area contributed by atoms with E-state index in [-0.39, 0.29) is 22.6 Å². The zero-order valence-electron chi connectivity index (χ0n) is 10.7. The van der Waals surface area contributed by atoms with Crippen molar-refractivity contribution in [3.05, 3.63) is 28.8 Å². The van der Waals surface area contributed by atoms with E-state index >= 15 is 0 Å². The molecule has 4 heteroatoms. The summed E-state index contributed by atoms with van der Waals surface area (Å²) < 4.78 is 25.9. The Labute approximate surface area is 106 Å². The Morgan fingerprint density at radius 2 is 1.94 bits per heavy atom. The van der Waals surface area contributed by atoms with Gasteiger partial charge in [-0.1, -0.05) is 19.9 Å². The Hall–Kier alpha value is -1.16. The highest BCUT2D eigenvalue weighted by atomic mass is 19.3. The maximum Gasteiger partial charge on any atom is 0.267 e. The van der Waals surface area contributed by atoms with Crippen molar-refractivity contribution in [2.75, 3.05) is 6.54 Å². The van der Waals surface area contributed by atoms with Gasteiger partial charge in [-0.2, -0.15) is 0 Å². The summed E-state index contributed by atoms with van der Waals surface area (Å²) in [6, 6.07) is 3.24. The van der Waals surface area contributed by atoms with Gasteiger partial charge in [0.2, 0.25) is 0 Å². The van der Waals surface area contributed by atoms with E-state index < -0.39 is 6.43 Å². The number of aromatic hydroxyl groups is 1. The van der Waals surface area contributed by atoms with E-state index in [1.54, 1.807) is 0 Å². The molecule has 100 valence electrons. The van der Waals surface area contributed by atoms with Crippen molar-refractivity contribution in [3.63, 3.8) is 0 Å². The van der Waals surface area contributed by atoms with Crippen LogP contribution in [0.5, 0.6) is 5.75 Å². The Morgan fingerprint density at radius 3 is 2.33 bits per heavy atom. The lowest BCUT2D eigenvalue weighted by molar-refractivity contribution is 0.147. The largest absolute Gasteiger partial charge is 0.507 e. The highest BCUT2D eigenvalue weighted by molar-refractivity contribution is 5.51. The van der Waals surface area contributed by atoms with E-state index in [2.05, 4.69) is 0 Å². The summed E-state index contributed by atoms with van der Waals surface area (Å²) in [5, 5.41) is 10.0. The molecule has 0 amide bonds. The van der Waals surface area contributed by atoms with Gasteiger partial charge in [-0.05, 0) is 30.4 Å². The number of alkyl halides is 2. The third-order valence-corrected chi connectivity index (χ3v) is 3.88. The predicted molar refractivity (Wildman–Crippen MR) is 67.1 cm³/mol. The lowest BCUT2D eigenvalue weighted by atomic mass is 9.88. The quantitative estimate of drug-likeness (QED) is 0.865. The van der Waals surface area contributed by atoms with E-state index in [1.165, 1.54) is 6.07 Å². The maximum absolute atomic E-state index is 13.0. The van der Waals surface area contributed by atoms with Crippen LogP contribution in [-0.2, 0) is 5.41 Å². The first-order valence-corrected chi connectivity index (χ1v) is 6.27. The van der Waals surface area contributed by atoms with Gasteiger partial charge < -0.3 is 10.8 Å². The molecule has 0 bridgehead atoms. The first kappa shape index (κ1) is 13.3. The molecule has 0 atom stereocenters. The first-order chi connectivity index (χ1) is 8.41. The van der Waals surface area contributed by atoms with Crippen LogP contribution in [-0.4, -0.2) is 11.7 Å². The van der Waals surface area contributed by atoms with Crippen LogP contribution in [0.15, 0.2) is 12.1 Å². The number of phenols is 1. The smallest absolute Gasteiger partial charge is 0.267 e. The molecule has 0 unspecified atom stereocenters. The van der Waals surface area contributed by atoms with Crippen LogP contribution in [0.1, 0.15) is 55.7 Å². The zero-order valence-corrected chi connectivity index (χ0v) is 10.7. The number of hydrogen-bond donors (Lipinski definition) is 2. The van der Waals surface area contributed by atoms with E-state index in [9.17, 15) is 13.9 Å². The minimum Gasteiger partial charge on any atom is -0.507 e. The number of phenolic OH excluding ortho intramolecular Hbond substituents is 1. The third-order valence-electron chi connectivity index (χ3n) is 3.88. The monoisotopic (exact) mass is 255 g/mol. The standard InChI is InChI=1S/C14H19F2NO/c1-8(2)9-5-10(13(15)16)12(18)11(6-9)14(7-17)3-4-14/h5-6,8,13,18H,3-4,7,17H2,1-2H3. The minimum atomic E-state index is -2.66. The van der Waals surface area contributed by atoms with Gasteiger partial charge in [0.1, 0.15) is 5.75 Å². The summed E-state index contributed by atoms with van der Waals surface area (Å²) in [6.45, 7) is 4.30. The van der Waals surface area contributed by atoms with Crippen LogP contribution in [0.2, 0.25) is 0 Å². The van der Waals surface area contributed by atoms with Gasteiger partial charge in [-0.15, -0.1) is 0 Å². The van der Waals surface area contributed by atoms with Gasteiger partial charge in [0.25, 0.3) is 6.43 Å². The molecule has 3 N–H and O–H groups in total. The van der Waals surface area contributed by atoms with Crippen molar-refractivity contribution >= 4 is 0 Å². The molecule has 0 aliphatic heterocycles. The zero-order chi connectivity index (χ0) is 13.5. The normalized spacial score (nSPS) is 17.5. The molecule has 0 saturated heterocycles. The topological polar surface area (TPSA) is 46.2 Å². The Balaban J connectivity index is 2.57. The molecule has 1 aliphatic carbocycles. The predicted octanol–water partition coefficient (Wildman–Crippen LogP) is 3.44. The number of halogens is 2. The minimum absolute atomic E-state index is 0.149. The number of rotatable bonds is 4. The fraction of sp³-hybridized carbons (Fsp3) is 0.571. The Bertz CT molecular complexity index is 453. The van der Waals surface area contributed by atoms with E-state index in [1.807, 2.05) is 19.9 Å². The Kier molecular flexibility index (Phi) is 3.32. The maximum atomic E-state index is 13.0. The van der Waals surface area contributed by atoms with E-state index in [0.717, 1.165) is 18.4 Å². The van der Waals surface area contributed by atoms with Crippen LogP contribution in [0.3, 0.4) is 0 Å². The molecule has 0 aromatic heterocycles. The molecule has 0 spiro atoms. The molecule has 0 heterocycles. The van der Waals surface area contributed by atoms with Gasteiger partial charge in [0, 0.05) is 17.5 Å². The van der Waals surface area contributed by atoms with Crippen molar-refractivity contribution in [1.82, 2.24) is 0 Å². The molecule has 1 aromatic carbocycles. The van der Waals surface area contributed by atoms with Gasteiger partial charge in [0.05, 0.1) is 5.56 Å². The summed E-state index contributed by atoms with van der Waals surface area (Å²) in [5.74, 6) is -0.118.